The number of hydrogen-bond acceptors (Lipinski definition) is 2. The summed E-state index contributed by atoms with van der Waals surface area (Å²) in [6, 6.07) is 2.07. The smallest absolute Gasteiger partial charge is 0.336 e. The average molecular weight is 299 g/mol. The number of halogens is 5. The van der Waals surface area contributed by atoms with E-state index in [-0.39, 0.29) is 23.1 Å². The van der Waals surface area contributed by atoms with Gasteiger partial charge in [0.15, 0.2) is 0 Å². The van der Waals surface area contributed by atoms with Gasteiger partial charge in [0, 0.05) is 11.6 Å². The Kier molecular flexibility index (Phi) is 2.25. The van der Waals surface area contributed by atoms with E-state index >= 15 is 0 Å². The van der Waals surface area contributed by atoms with Crippen LogP contribution in [0.15, 0.2) is 35.4 Å². The summed E-state index contributed by atoms with van der Waals surface area (Å²) in [7, 11) is -9.79. The van der Waals surface area contributed by atoms with Crippen molar-refractivity contribution in [2.24, 2.45) is 0 Å². The first-order chi connectivity index (χ1) is 8.38. The topological polar surface area (TPSA) is 50.2 Å². The predicted molar refractivity (Wildman–Crippen MR) is 60.1 cm³/mol. The van der Waals surface area contributed by atoms with Gasteiger partial charge in [-0.05, 0) is 18.2 Å². The standard InChI is InChI=1S/C10H6F5NO2S/c11-19(12,13,14,15)6-1-2-7-8(10(17)18)3-4-16-9(7)5-6/h1-5H,(H,17,18). The fourth-order valence-electron chi connectivity index (χ4n) is 1.55. The van der Waals surface area contributed by atoms with Crippen molar-refractivity contribution in [3.63, 3.8) is 0 Å². The molecule has 104 valence electrons. The Bertz CT molecular complexity index is 698. The fourth-order valence-corrected chi connectivity index (χ4v) is 2.21. The fraction of sp³-hybridized carbons (Fsp3) is 0. The second-order valence-electron chi connectivity index (χ2n) is 3.81. The largest absolute Gasteiger partial charge is 0.478 e. The average Bonchev–Trinajstić information content (AvgIpc) is 2.24. The number of aromatic nitrogens is 1. The van der Waals surface area contributed by atoms with Crippen LogP contribution in [-0.4, -0.2) is 16.1 Å². The molecule has 1 heterocycles. The molecule has 0 radical (unpaired) electrons. The van der Waals surface area contributed by atoms with Crippen molar-refractivity contribution in [2.75, 3.05) is 0 Å². The SMILES string of the molecule is O=C(O)c1ccnc2cc(S(F)(F)(F)(F)F)ccc12. The summed E-state index contributed by atoms with van der Waals surface area (Å²) >= 11 is 0. The number of hydrogen-bond donors (Lipinski definition) is 1. The molecule has 2 aromatic rings. The van der Waals surface area contributed by atoms with Crippen LogP contribution in [0.2, 0.25) is 0 Å². The molecule has 0 bridgehead atoms. The highest BCUT2D eigenvalue weighted by molar-refractivity contribution is 8.45. The zero-order valence-electron chi connectivity index (χ0n) is 8.99. The van der Waals surface area contributed by atoms with Crippen LogP contribution in [0, 0.1) is 0 Å². The third-order valence-electron chi connectivity index (χ3n) is 2.39. The molecule has 0 fully saturated rings. The molecular weight excluding hydrogens is 293 g/mol. The third kappa shape index (κ3) is 2.60. The van der Waals surface area contributed by atoms with E-state index in [2.05, 4.69) is 4.98 Å². The Balaban J connectivity index is 2.79. The molecule has 0 atom stereocenters. The zero-order chi connectivity index (χ0) is 14.5. The molecule has 0 aliphatic carbocycles. The van der Waals surface area contributed by atoms with E-state index in [1.54, 1.807) is 0 Å². The van der Waals surface area contributed by atoms with Crippen molar-refractivity contribution < 1.29 is 29.3 Å². The summed E-state index contributed by atoms with van der Waals surface area (Å²) in [5.41, 5.74) is -0.760. The second kappa shape index (κ2) is 3.16. The molecule has 1 N–H and O–H groups in total. The molecule has 0 saturated heterocycles. The Morgan fingerprint density at radius 2 is 1.74 bits per heavy atom. The number of carboxylic acid groups (broad SMARTS) is 1. The lowest BCUT2D eigenvalue weighted by Crippen LogP contribution is -2.06. The van der Waals surface area contributed by atoms with Crippen LogP contribution >= 0.6 is 10.2 Å². The molecule has 0 unspecified atom stereocenters. The number of fused-ring (bicyclic) bond motifs is 1. The van der Waals surface area contributed by atoms with Gasteiger partial charge in [0.25, 0.3) is 0 Å². The van der Waals surface area contributed by atoms with Crippen molar-refractivity contribution in [1.82, 2.24) is 4.98 Å². The maximum absolute atomic E-state index is 12.6. The Morgan fingerprint density at radius 1 is 1.11 bits per heavy atom. The number of benzene rings is 1. The minimum atomic E-state index is -9.79. The molecule has 0 aliphatic rings. The maximum Gasteiger partial charge on any atom is 0.336 e. The van der Waals surface area contributed by atoms with Crippen LogP contribution in [0.5, 0.6) is 0 Å². The van der Waals surface area contributed by atoms with E-state index in [4.69, 9.17) is 5.11 Å². The van der Waals surface area contributed by atoms with Crippen LogP contribution < -0.4 is 0 Å². The lowest BCUT2D eigenvalue weighted by molar-refractivity contribution is 0.0699. The molecule has 9 heteroatoms. The van der Waals surface area contributed by atoms with E-state index in [0.29, 0.717) is 6.07 Å². The van der Waals surface area contributed by atoms with Gasteiger partial charge in [-0.2, -0.15) is 0 Å². The summed E-state index contributed by atoms with van der Waals surface area (Å²) in [5, 5.41) is 8.68. The Morgan fingerprint density at radius 3 is 2.26 bits per heavy atom. The second-order valence-corrected chi connectivity index (χ2v) is 6.22. The summed E-state index contributed by atoms with van der Waals surface area (Å²) < 4.78 is 63.0. The van der Waals surface area contributed by atoms with Gasteiger partial charge in [-0.1, -0.05) is 25.5 Å². The van der Waals surface area contributed by atoms with Gasteiger partial charge in [-0.3, -0.25) is 4.98 Å². The van der Waals surface area contributed by atoms with Gasteiger partial charge >= 0.3 is 16.2 Å². The van der Waals surface area contributed by atoms with Gasteiger partial charge < -0.3 is 5.11 Å². The van der Waals surface area contributed by atoms with Crippen LogP contribution in [0.25, 0.3) is 10.9 Å². The molecule has 19 heavy (non-hydrogen) atoms. The highest BCUT2D eigenvalue weighted by Gasteiger charge is 2.65. The van der Waals surface area contributed by atoms with Crippen LogP contribution in [0.3, 0.4) is 0 Å². The summed E-state index contributed by atoms with van der Waals surface area (Å²) in [4.78, 5) is 12.2. The number of pyridine rings is 1. The van der Waals surface area contributed by atoms with E-state index in [1.165, 1.54) is 0 Å². The summed E-state index contributed by atoms with van der Waals surface area (Å²) in [6.45, 7) is 0. The minimum Gasteiger partial charge on any atom is -0.478 e. The molecule has 2 rings (SSSR count). The van der Waals surface area contributed by atoms with Crippen molar-refractivity contribution >= 4 is 27.1 Å². The quantitative estimate of drug-likeness (QED) is 0.825. The molecule has 0 aliphatic heterocycles. The van der Waals surface area contributed by atoms with E-state index in [1.807, 2.05) is 0 Å². The summed E-state index contributed by atoms with van der Waals surface area (Å²) in [6.07, 6.45) is 0.945. The first-order valence-electron chi connectivity index (χ1n) is 4.75. The minimum absolute atomic E-state index is 0.138. The van der Waals surface area contributed by atoms with E-state index in [0.717, 1.165) is 12.3 Å². The number of rotatable bonds is 2. The normalized spacial score (nSPS) is 15.8. The van der Waals surface area contributed by atoms with Crippen LogP contribution in [0.1, 0.15) is 10.4 Å². The number of carboxylic acids is 1. The van der Waals surface area contributed by atoms with Crippen molar-refractivity contribution in [1.29, 1.82) is 0 Å². The van der Waals surface area contributed by atoms with Gasteiger partial charge in [-0.25, -0.2) is 4.79 Å². The monoisotopic (exact) mass is 299 g/mol. The Hall–Kier alpha value is -1.90. The van der Waals surface area contributed by atoms with Gasteiger partial charge in [0.1, 0.15) is 4.90 Å². The van der Waals surface area contributed by atoms with Crippen LogP contribution in [-0.2, 0) is 0 Å². The number of aromatic carboxylic acids is 1. The summed E-state index contributed by atoms with van der Waals surface area (Å²) in [5.74, 6) is -1.38. The lowest BCUT2D eigenvalue weighted by atomic mass is 10.1. The van der Waals surface area contributed by atoms with E-state index < -0.39 is 26.6 Å². The maximum atomic E-state index is 12.6. The molecule has 0 spiro atoms. The number of carbonyl (C=O) groups is 1. The zero-order valence-corrected chi connectivity index (χ0v) is 9.80. The highest BCUT2D eigenvalue weighted by Crippen LogP contribution is 3.02. The molecule has 3 nitrogen and oxygen atoms in total. The van der Waals surface area contributed by atoms with Gasteiger partial charge in [0.05, 0.1) is 11.1 Å². The number of nitrogens with zero attached hydrogens (tertiary/aromatic N) is 1. The third-order valence-corrected chi connectivity index (χ3v) is 3.53. The molecular formula is C10H6F5NO2S. The van der Waals surface area contributed by atoms with Crippen molar-refractivity contribution in [2.45, 2.75) is 4.90 Å². The lowest BCUT2D eigenvalue weighted by Gasteiger charge is -2.40. The van der Waals surface area contributed by atoms with Crippen molar-refractivity contribution in [3.05, 3.63) is 36.0 Å². The molecule has 0 amide bonds. The van der Waals surface area contributed by atoms with E-state index in [9.17, 15) is 24.2 Å². The highest BCUT2D eigenvalue weighted by atomic mass is 32.5. The van der Waals surface area contributed by atoms with Gasteiger partial charge in [0.2, 0.25) is 0 Å². The first-order valence-corrected chi connectivity index (χ1v) is 6.70. The first kappa shape index (κ1) is 13.5. The van der Waals surface area contributed by atoms with Crippen LogP contribution in [0.4, 0.5) is 19.4 Å². The molecule has 1 aromatic heterocycles. The Labute approximate surface area is 103 Å². The predicted octanol–water partition coefficient (Wildman–Crippen LogP) is 4.59. The molecule has 0 saturated carbocycles. The molecule has 1 aromatic carbocycles. The van der Waals surface area contributed by atoms with Gasteiger partial charge in [-0.15, -0.1) is 0 Å². The van der Waals surface area contributed by atoms with Crippen molar-refractivity contribution in [3.8, 4) is 0 Å².